The first-order chi connectivity index (χ1) is 13.9. The summed E-state index contributed by atoms with van der Waals surface area (Å²) in [7, 11) is 1.47. The lowest BCUT2D eigenvalue weighted by Crippen LogP contribution is -2.32. The van der Waals surface area contributed by atoms with E-state index in [0.29, 0.717) is 5.82 Å². The van der Waals surface area contributed by atoms with Crippen molar-refractivity contribution in [2.75, 3.05) is 19.0 Å². The lowest BCUT2D eigenvalue weighted by molar-refractivity contribution is -0.125. The number of para-hydroxylation sites is 2. The molecule has 7 nitrogen and oxygen atoms in total. The molecule has 0 spiro atoms. The number of hydrogen-bond acceptors (Lipinski definition) is 4. The van der Waals surface area contributed by atoms with Gasteiger partial charge >= 0.3 is 0 Å². The van der Waals surface area contributed by atoms with Crippen LogP contribution in [0.4, 0.5) is 5.69 Å². The summed E-state index contributed by atoms with van der Waals surface area (Å²) in [5.41, 5.74) is 4.56. The van der Waals surface area contributed by atoms with E-state index in [1.165, 1.54) is 7.11 Å². The van der Waals surface area contributed by atoms with Gasteiger partial charge in [-0.15, -0.1) is 0 Å². The molecule has 152 valence electrons. The highest BCUT2D eigenvalue weighted by Gasteiger charge is 2.20. The van der Waals surface area contributed by atoms with Gasteiger partial charge in [-0.05, 0) is 50.1 Å². The van der Waals surface area contributed by atoms with Crippen LogP contribution in [0, 0.1) is 13.8 Å². The molecule has 3 aromatic rings. The molecule has 29 heavy (non-hydrogen) atoms. The Labute approximate surface area is 170 Å². The zero-order valence-corrected chi connectivity index (χ0v) is 17.2. The van der Waals surface area contributed by atoms with Crippen LogP contribution < -0.4 is 10.6 Å². The first kappa shape index (κ1) is 20.5. The molecule has 1 atom stereocenters. The van der Waals surface area contributed by atoms with Crippen LogP contribution in [0.5, 0.6) is 0 Å². The zero-order valence-electron chi connectivity index (χ0n) is 17.2. The van der Waals surface area contributed by atoms with Gasteiger partial charge in [0.1, 0.15) is 19.0 Å². The summed E-state index contributed by atoms with van der Waals surface area (Å²) in [5, 5.41) is 5.85. The maximum absolute atomic E-state index is 12.8. The van der Waals surface area contributed by atoms with Crippen LogP contribution in [-0.4, -0.2) is 35.1 Å². The molecule has 0 saturated carbocycles. The van der Waals surface area contributed by atoms with Crippen LogP contribution in [0.15, 0.2) is 42.5 Å². The van der Waals surface area contributed by atoms with E-state index in [1.807, 2.05) is 67.8 Å². The molecular formula is C22H26N4O3. The number of nitrogens with zero attached hydrogens (tertiary/aromatic N) is 2. The van der Waals surface area contributed by atoms with Gasteiger partial charge in [-0.3, -0.25) is 9.59 Å². The maximum atomic E-state index is 12.8. The van der Waals surface area contributed by atoms with Gasteiger partial charge in [-0.2, -0.15) is 0 Å². The predicted molar refractivity (Wildman–Crippen MR) is 113 cm³/mol. The molecule has 7 heteroatoms. The molecule has 1 heterocycles. The SMILES string of the molecule is COCC(=O)NC(C)c1nc2ccccc2n1CC(=O)Nc1cccc(C)c1C. The molecule has 1 unspecified atom stereocenters. The molecule has 3 rings (SSSR count). The van der Waals surface area contributed by atoms with Crippen LogP contribution in [0.25, 0.3) is 11.0 Å². The van der Waals surface area contributed by atoms with Gasteiger partial charge in [0.05, 0.1) is 17.1 Å². The van der Waals surface area contributed by atoms with Gasteiger partial charge in [0.2, 0.25) is 11.8 Å². The number of fused-ring (bicyclic) bond motifs is 1. The molecule has 0 radical (unpaired) electrons. The molecule has 0 bridgehead atoms. The van der Waals surface area contributed by atoms with Gasteiger partial charge in [0.15, 0.2) is 0 Å². The van der Waals surface area contributed by atoms with E-state index in [9.17, 15) is 9.59 Å². The Morgan fingerprint density at radius 1 is 1.10 bits per heavy atom. The van der Waals surface area contributed by atoms with Crippen molar-refractivity contribution in [3.8, 4) is 0 Å². The Morgan fingerprint density at radius 3 is 2.62 bits per heavy atom. The molecule has 2 aromatic carbocycles. The van der Waals surface area contributed by atoms with E-state index >= 15 is 0 Å². The van der Waals surface area contributed by atoms with E-state index in [4.69, 9.17) is 4.74 Å². The minimum Gasteiger partial charge on any atom is -0.375 e. The van der Waals surface area contributed by atoms with E-state index in [0.717, 1.165) is 27.8 Å². The van der Waals surface area contributed by atoms with Crippen molar-refractivity contribution in [3.63, 3.8) is 0 Å². The van der Waals surface area contributed by atoms with Crippen molar-refractivity contribution in [1.29, 1.82) is 0 Å². The number of ether oxygens (including phenoxy) is 1. The maximum Gasteiger partial charge on any atom is 0.246 e. The summed E-state index contributed by atoms with van der Waals surface area (Å²) >= 11 is 0. The fraction of sp³-hybridized carbons (Fsp3) is 0.318. The number of methoxy groups -OCH3 is 1. The third-order valence-corrected chi connectivity index (χ3v) is 4.90. The number of aromatic nitrogens is 2. The second-order valence-electron chi connectivity index (χ2n) is 7.06. The standard InChI is InChI=1S/C22H26N4O3/c1-14-8-7-10-17(15(14)2)24-20(27)12-26-19-11-6-5-9-18(19)25-22(26)16(3)23-21(28)13-29-4/h5-11,16H,12-13H2,1-4H3,(H,23,28)(H,24,27). The normalized spacial score (nSPS) is 12.0. The first-order valence-corrected chi connectivity index (χ1v) is 9.50. The molecular weight excluding hydrogens is 368 g/mol. The third-order valence-electron chi connectivity index (χ3n) is 4.90. The highest BCUT2D eigenvalue weighted by Crippen LogP contribution is 2.22. The van der Waals surface area contributed by atoms with Gasteiger partial charge < -0.3 is 19.9 Å². The van der Waals surface area contributed by atoms with E-state index < -0.39 is 0 Å². The quantitative estimate of drug-likeness (QED) is 0.645. The smallest absolute Gasteiger partial charge is 0.246 e. The lowest BCUT2D eigenvalue weighted by Gasteiger charge is -2.17. The molecule has 1 aromatic heterocycles. The number of carbonyl (C=O) groups excluding carboxylic acids is 2. The average molecular weight is 394 g/mol. The minimum atomic E-state index is -0.376. The molecule has 0 aliphatic rings. The van der Waals surface area contributed by atoms with E-state index in [1.54, 1.807) is 0 Å². The van der Waals surface area contributed by atoms with Crippen LogP contribution >= 0.6 is 0 Å². The number of imidazole rings is 1. The Hall–Kier alpha value is -3.19. The van der Waals surface area contributed by atoms with Crippen LogP contribution in [0.2, 0.25) is 0 Å². The largest absolute Gasteiger partial charge is 0.375 e. The fourth-order valence-electron chi connectivity index (χ4n) is 3.29. The lowest BCUT2D eigenvalue weighted by atomic mass is 10.1. The van der Waals surface area contributed by atoms with Crippen LogP contribution in [-0.2, 0) is 20.9 Å². The predicted octanol–water partition coefficient (Wildman–Crippen LogP) is 3.12. The molecule has 0 aliphatic carbocycles. The molecule has 0 fully saturated rings. The number of benzene rings is 2. The van der Waals surface area contributed by atoms with Crippen molar-refractivity contribution in [3.05, 3.63) is 59.4 Å². The summed E-state index contributed by atoms with van der Waals surface area (Å²) in [6, 6.07) is 13.1. The van der Waals surface area contributed by atoms with Crippen molar-refractivity contribution >= 4 is 28.5 Å². The number of rotatable bonds is 7. The molecule has 0 aliphatic heterocycles. The monoisotopic (exact) mass is 394 g/mol. The summed E-state index contributed by atoms with van der Waals surface area (Å²) < 4.78 is 6.72. The highest BCUT2D eigenvalue weighted by molar-refractivity contribution is 5.92. The van der Waals surface area contributed by atoms with E-state index in [2.05, 4.69) is 15.6 Å². The number of aryl methyl sites for hydroxylation is 1. The fourth-order valence-corrected chi connectivity index (χ4v) is 3.29. The number of anilines is 1. The minimum absolute atomic E-state index is 0.0301. The van der Waals surface area contributed by atoms with Crippen molar-refractivity contribution in [2.45, 2.75) is 33.4 Å². The number of hydrogen-bond donors (Lipinski definition) is 2. The summed E-state index contributed by atoms with van der Waals surface area (Å²) in [6.45, 7) is 5.90. The van der Waals surface area contributed by atoms with Crippen molar-refractivity contribution < 1.29 is 14.3 Å². The molecule has 2 N–H and O–H groups in total. The molecule has 0 saturated heterocycles. The Kier molecular flexibility index (Phi) is 6.29. The van der Waals surface area contributed by atoms with Crippen LogP contribution in [0.1, 0.15) is 29.9 Å². The number of nitrogens with one attached hydrogen (secondary N) is 2. The number of amides is 2. The van der Waals surface area contributed by atoms with Gasteiger partial charge in [0, 0.05) is 12.8 Å². The van der Waals surface area contributed by atoms with Crippen molar-refractivity contribution in [2.24, 2.45) is 0 Å². The number of carbonyl (C=O) groups is 2. The summed E-state index contributed by atoms with van der Waals surface area (Å²) in [4.78, 5) is 29.4. The van der Waals surface area contributed by atoms with Crippen LogP contribution in [0.3, 0.4) is 0 Å². The average Bonchev–Trinajstić information content (AvgIpc) is 3.04. The Bertz CT molecular complexity index is 1040. The highest BCUT2D eigenvalue weighted by atomic mass is 16.5. The summed E-state index contributed by atoms with van der Waals surface area (Å²) in [6.07, 6.45) is 0. The second kappa shape index (κ2) is 8.87. The Balaban J connectivity index is 1.88. The van der Waals surface area contributed by atoms with Crippen molar-refractivity contribution in [1.82, 2.24) is 14.9 Å². The van der Waals surface area contributed by atoms with Gasteiger partial charge in [-0.1, -0.05) is 24.3 Å². The molecule has 2 amide bonds. The van der Waals surface area contributed by atoms with E-state index in [-0.39, 0.29) is 31.0 Å². The van der Waals surface area contributed by atoms with Gasteiger partial charge in [0.25, 0.3) is 0 Å². The second-order valence-corrected chi connectivity index (χ2v) is 7.06. The Morgan fingerprint density at radius 2 is 1.86 bits per heavy atom. The van der Waals surface area contributed by atoms with Gasteiger partial charge in [-0.25, -0.2) is 4.98 Å². The topological polar surface area (TPSA) is 85.2 Å². The third kappa shape index (κ3) is 4.63. The summed E-state index contributed by atoms with van der Waals surface area (Å²) in [5.74, 6) is 0.226. The zero-order chi connectivity index (χ0) is 21.0. The first-order valence-electron chi connectivity index (χ1n) is 9.50.